The SMILES string of the molecule is Cc1cc(/C(O)=C2/C(=O)C(=O)N(CCc3ccc(F)cc3)C2c2ccco2)ccc1OC(C)C. The summed E-state index contributed by atoms with van der Waals surface area (Å²) in [4.78, 5) is 27.4. The second kappa shape index (κ2) is 9.55. The van der Waals surface area contributed by atoms with E-state index < -0.39 is 17.7 Å². The van der Waals surface area contributed by atoms with Crippen LogP contribution in [0.1, 0.15) is 42.3 Å². The highest BCUT2D eigenvalue weighted by Gasteiger charge is 2.47. The Hall–Kier alpha value is -3.87. The zero-order chi connectivity index (χ0) is 24.4. The number of carbonyl (C=O) groups is 2. The van der Waals surface area contributed by atoms with Crippen molar-refractivity contribution in [2.45, 2.75) is 39.3 Å². The molecule has 0 bridgehead atoms. The molecule has 1 aliphatic rings. The van der Waals surface area contributed by atoms with Gasteiger partial charge in [-0.25, -0.2) is 4.39 Å². The number of likely N-dealkylation sites (tertiary alicyclic amines) is 1. The number of aliphatic hydroxyl groups is 1. The molecule has 4 rings (SSSR count). The molecule has 2 heterocycles. The van der Waals surface area contributed by atoms with Crippen molar-refractivity contribution in [2.75, 3.05) is 6.54 Å². The number of furan rings is 1. The summed E-state index contributed by atoms with van der Waals surface area (Å²) in [6, 6.07) is 13.5. The number of amides is 1. The van der Waals surface area contributed by atoms with Gasteiger partial charge in [0.15, 0.2) is 0 Å². The molecule has 1 aliphatic heterocycles. The molecular weight excluding hydrogens is 437 g/mol. The van der Waals surface area contributed by atoms with Gasteiger partial charge in [0.25, 0.3) is 11.7 Å². The molecule has 1 saturated heterocycles. The lowest BCUT2D eigenvalue weighted by atomic mass is 9.98. The molecule has 1 atom stereocenters. The molecule has 0 radical (unpaired) electrons. The first-order chi connectivity index (χ1) is 16.3. The third-order valence-electron chi connectivity index (χ3n) is 5.72. The Morgan fingerprint density at radius 1 is 1.15 bits per heavy atom. The average molecular weight is 464 g/mol. The normalized spacial score (nSPS) is 17.6. The second-order valence-electron chi connectivity index (χ2n) is 8.53. The number of hydrogen-bond acceptors (Lipinski definition) is 5. The summed E-state index contributed by atoms with van der Waals surface area (Å²) in [5, 5.41) is 11.2. The number of ketones is 1. The maximum absolute atomic E-state index is 13.2. The van der Waals surface area contributed by atoms with Crippen molar-refractivity contribution in [3.8, 4) is 5.75 Å². The van der Waals surface area contributed by atoms with Gasteiger partial charge in [-0.2, -0.15) is 0 Å². The second-order valence-corrected chi connectivity index (χ2v) is 8.53. The summed E-state index contributed by atoms with van der Waals surface area (Å²) in [5.41, 5.74) is 1.98. The van der Waals surface area contributed by atoms with Gasteiger partial charge in [0.2, 0.25) is 0 Å². The van der Waals surface area contributed by atoms with Gasteiger partial charge in [0.05, 0.1) is 17.9 Å². The van der Waals surface area contributed by atoms with Crippen LogP contribution >= 0.6 is 0 Å². The van der Waals surface area contributed by atoms with Crippen LogP contribution in [0.5, 0.6) is 5.75 Å². The first-order valence-corrected chi connectivity index (χ1v) is 11.1. The lowest BCUT2D eigenvalue weighted by Crippen LogP contribution is -2.31. The summed E-state index contributed by atoms with van der Waals surface area (Å²) in [5.74, 6) is -1.08. The maximum atomic E-state index is 13.2. The molecular formula is C27H26FNO5. The van der Waals surface area contributed by atoms with Gasteiger partial charge < -0.3 is 19.2 Å². The van der Waals surface area contributed by atoms with Crippen LogP contribution in [0.2, 0.25) is 0 Å². The van der Waals surface area contributed by atoms with Crippen LogP contribution in [-0.2, 0) is 16.0 Å². The van der Waals surface area contributed by atoms with Crippen LogP contribution in [0.25, 0.3) is 5.76 Å². The minimum Gasteiger partial charge on any atom is -0.507 e. The van der Waals surface area contributed by atoms with Crippen molar-refractivity contribution < 1.29 is 28.2 Å². The van der Waals surface area contributed by atoms with E-state index in [0.29, 0.717) is 23.5 Å². The van der Waals surface area contributed by atoms with Gasteiger partial charge in [0, 0.05) is 12.1 Å². The number of hydrogen-bond donors (Lipinski definition) is 1. The molecule has 2 aromatic carbocycles. The molecule has 1 N–H and O–H groups in total. The highest BCUT2D eigenvalue weighted by molar-refractivity contribution is 6.46. The standard InChI is InChI=1S/C27H26FNO5/c1-16(2)34-21-11-8-19(15-17(21)3)25(30)23-24(22-5-4-14-33-22)29(27(32)26(23)31)13-12-18-6-9-20(28)10-7-18/h4-11,14-16,24,30H,12-13H2,1-3H3/b25-23-. The summed E-state index contributed by atoms with van der Waals surface area (Å²) in [6.45, 7) is 5.88. The van der Waals surface area contributed by atoms with E-state index >= 15 is 0 Å². The smallest absolute Gasteiger partial charge is 0.295 e. The number of halogens is 1. The Bertz CT molecular complexity index is 1230. The van der Waals surface area contributed by atoms with Gasteiger partial charge >= 0.3 is 0 Å². The molecule has 176 valence electrons. The number of carbonyl (C=O) groups excluding carboxylic acids is 2. The van der Waals surface area contributed by atoms with Crippen molar-refractivity contribution in [3.05, 3.63) is 94.7 Å². The summed E-state index contributed by atoms with van der Waals surface area (Å²) >= 11 is 0. The molecule has 7 heteroatoms. The Balaban J connectivity index is 1.71. The predicted molar refractivity (Wildman–Crippen MR) is 125 cm³/mol. The third-order valence-corrected chi connectivity index (χ3v) is 5.72. The molecule has 1 aromatic heterocycles. The average Bonchev–Trinajstić information content (AvgIpc) is 3.41. The fourth-order valence-electron chi connectivity index (χ4n) is 4.09. The summed E-state index contributed by atoms with van der Waals surface area (Å²) in [7, 11) is 0. The maximum Gasteiger partial charge on any atom is 0.295 e. The zero-order valence-corrected chi connectivity index (χ0v) is 19.2. The fourth-order valence-corrected chi connectivity index (χ4v) is 4.09. The van der Waals surface area contributed by atoms with E-state index in [1.165, 1.54) is 23.3 Å². The third kappa shape index (κ3) is 4.59. The van der Waals surface area contributed by atoms with E-state index in [0.717, 1.165) is 11.1 Å². The van der Waals surface area contributed by atoms with E-state index in [9.17, 15) is 19.1 Å². The zero-order valence-electron chi connectivity index (χ0n) is 19.2. The quantitative estimate of drug-likeness (QED) is 0.297. The first-order valence-electron chi connectivity index (χ1n) is 11.1. The van der Waals surface area contributed by atoms with Crippen LogP contribution < -0.4 is 4.74 Å². The van der Waals surface area contributed by atoms with Crippen molar-refractivity contribution >= 4 is 17.4 Å². The number of aliphatic hydroxyl groups excluding tert-OH is 1. The van der Waals surface area contributed by atoms with E-state index in [1.54, 1.807) is 42.5 Å². The molecule has 3 aromatic rings. The van der Waals surface area contributed by atoms with E-state index in [-0.39, 0.29) is 29.8 Å². The Labute approximate surface area is 197 Å². The lowest BCUT2D eigenvalue weighted by molar-refractivity contribution is -0.140. The monoisotopic (exact) mass is 463 g/mol. The number of benzene rings is 2. The Kier molecular flexibility index (Phi) is 6.54. The molecule has 1 amide bonds. The highest BCUT2D eigenvalue weighted by Crippen LogP contribution is 2.40. The largest absolute Gasteiger partial charge is 0.507 e. The fraction of sp³-hybridized carbons (Fsp3) is 0.259. The minimum atomic E-state index is -0.873. The van der Waals surface area contributed by atoms with Crippen LogP contribution in [0, 0.1) is 12.7 Å². The van der Waals surface area contributed by atoms with Gasteiger partial charge in [-0.1, -0.05) is 12.1 Å². The van der Waals surface area contributed by atoms with Gasteiger partial charge in [-0.15, -0.1) is 0 Å². The van der Waals surface area contributed by atoms with Crippen LogP contribution in [0.4, 0.5) is 4.39 Å². The Morgan fingerprint density at radius 2 is 1.88 bits per heavy atom. The van der Waals surface area contributed by atoms with Gasteiger partial charge in [-0.05, 0) is 80.8 Å². The topological polar surface area (TPSA) is 80.0 Å². The molecule has 0 aliphatic carbocycles. The van der Waals surface area contributed by atoms with Crippen molar-refractivity contribution in [2.24, 2.45) is 0 Å². The molecule has 1 unspecified atom stereocenters. The van der Waals surface area contributed by atoms with Gasteiger partial charge in [-0.3, -0.25) is 9.59 Å². The number of aryl methyl sites for hydroxylation is 1. The number of rotatable bonds is 7. The molecule has 0 spiro atoms. The van der Waals surface area contributed by atoms with E-state index in [4.69, 9.17) is 9.15 Å². The van der Waals surface area contributed by atoms with E-state index in [2.05, 4.69) is 0 Å². The van der Waals surface area contributed by atoms with Crippen molar-refractivity contribution in [1.82, 2.24) is 4.90 Å². The highest BCUT2D eigenvalue weighted by atomic mass is 19.1. The molecule has 6 nitrogen and oxygen atoms in total. The first kappa shape index (κ1) is 23.3. The molecule has 34 heavy (non-hydrogen) atoms. The van der Waals surface area contributed by atoms with Crippen LogP contribution in [-0.4, -0.2) is 34.3 Å². The lowest BCUT2D eigenvalue weighted by Gasteiger charge is -2.23. The summed E-state index contributed by atoms with van der Waals surface area (Å²) < 4.78 is 24.6. The minimum absolute atomic E-state index is 0.0106. The summed E-state index contributed by atoms with van der Waals surface area (Å²) in [6.07, 6.45) is 1.85. The van der Waals surface area contributed by atoms with Gasteiger partial charge in [0.1, 0.15) is 29.1 Å². The number of Topliss-reactive ketones (excluding diaryl/α,β-unsaturated/α-hetero) is 1. The van der Waals surface area contributed by atoms with E-state index in [1.807, 2.05) is 20.8 Å². The number of nitrogens with zero attached hydrogens (tertiary/aromatic N) is 1. The predicted octanol–water partition coefficient (Wildman–Crippen LogP) is 5.18. The van der Waals surface area contributed by atoms with Crippen molar-refractivity contribution in [1.29, 1.82) is 0 Å². The Morgan fingerprint density at radius 3 is 2.50 bits per heavy atom. The molecule has 0 saturated carbocycles. The van der Waals surface area contributed by atoms with Crippen molar-refractivity contribution in [3.63, 3.8) is 0 Å². The van der Waals surface area contributed by atoms with Crippen LogP contribution in [0.3, 0.4) is 0 Å². The number of ether oxygens (including phenoxy) is 1. The molecule has 1 fully saturated rings. The van der Waals surface area contributed by atoms with Crippen LogP contribution in [0.15, 0.2) is 70.9 Å².